The molecule has 1 aromatic carbocycles. The van der Waals surface area contributed by atoms with Crippen molar-refractivity contribution in [3.05, 3.63) is 54.1 Å². The highest BCUT2D eigenvalue weighted by Gasteiger charge is 2.16. The molecule has 96 valence electrons. The normalized spacial score (nSPS) is 11.4. The van der Waals surface area contributed by atoms with Gasteiger partial charge in [0.25, 0.3) is 0 Å². The number of rotatable bonds is 3. The summed E-state index contributed by atoms with van der Waals surface area (Å²) in [6, 6.07) is 10.00. The topological polar surface area (TPSA) is 44.1 Å². The van der Waals surface area contributed by atoms with Crippen molar-refractivity contribution in [1.29, 1.82) is 0 Å². The number of imidazole rings is 1. The van der Waals surface area contributed by atoms with Gasteiger partial charge in [0.1, 0.15) is 5.69 Å². The first-order valence-electron chi connectivity index (χ1n) is 5.39. The van der Waals surface area contributed by atoms with E-state index in [1.54, 1.807) is 10.9 Å². The highest BCUT2D eigenvalue weighted by Crippen LogP contribution is 2.19. The third-order valence-electron chi connectivity index (χ3n) is 2.76. The second-order valence-corrected chi connectivity index (χ2v) is 3.76. The molecule has 0 spiro atoms. The number of benzene rings is 1. The molecule has 0 bridgehead atoms. The number of nitrogens with zero attached hydrogens (tertiary/aromatic N) is 2. The Balaban J connectivity index is 0.00000162. The number of hydrogen-bond donors (Lipinski definition) is 0. The molecule has 1 aromatic heterocycles. The fraction of sp³-hybridized carbons (Fsp3) is 0.231. The summed E-state index contributed by atoms with van der Waals surface area (Å²) in [5.41, 5.74) is 1.58. The number of hydrogen-bond acceptors (Lipinski definition) is 3. The molecule has 0 saturated heterocycles. The largest absolute Gasteiger partial charge is 0.464 e. The van der Waals surface area contributed by atoms with Crippen LogP contribution in [0.1, 0.15) is 29.0 Å². The smallest absolute Gasteiger partial charge is 0.356 e. The third-order valence-corrected chi connectivity index (χ3v) is 2.76. The van der Waals surface area contributed by atoms with E-state index in [4.69, 9.17) is 4.74 Å². The molecular weight excluding hydrogens is 252 g/mol. The van der Waals surface area contributed by atoms with Crippen molar-refractivity contribution in [2.45, 2.75) is 13.0 Å². The van der Waals surface area contributed by atoms with Crippen LogP contribution in [-0.2, 0) is 4.74 Å². The van der Waals surface area contributed by atoms with E-state index in [1.165, 1.54) is 13.3 Å². The van der Waals surface area contributed by atoms with Crippen molar-refractivity contribution in [2.75, 3.05) is 7.11 Å². The number of carbonyl (C=O) groups is 1. The minimum Gasteiger partial charge on any atom is -0.464 e. The van der Waals surface area contributed by atoms with Crippen LogP contribution >= 0.6 is 12.4 Å². The van der Waals surface area contributed by atoms with Crippen LogP contribution in [0.3, 0.4) is 0 Å². The Morgan fingerprint density at radius 1 is 1.33 bits per heavy atom. The van der Waals surface area contributed by atoms with Gasteiger partial charge in [-0.05, 0) is 12.5 Å². The van der Waals surface area contributed by atoms with E-state index >= 15 is 0 Å². The maximum Gasteiger partial charge on any atom is 0.356 e. The van der Waals surface area contributed by atoms with Crippen LogP contribution in [0, 0.1) is 0 Å². The zero-order valence-corrected chi connectivity index (χ0v) is 11.1. The lowest BCUT2D eigenvalue weighted by molar-refractivity contribution is 0.0587. The van der Waals surface area contributed by atoms with Crippen molar-refractivity contribution in [3.8, 4) is 0 Å². The maximum absolute atomic E-state index is 11.5. The molecule has 0 radical (unpaired) electrons. The van der Waals surface area contributed by atoms with Gasteiger partial charge in [-0.25, -0.2) is 9.78 Å². The minimum atomic E-state index is -0.370. The molecule has 1 heterocycles. The zero-order valence-electron chi connectivity index (χ0n) is 10.2. The molecule has 18 heavy (non-hydrogen) atoms. The number of halogens is 1. The highest BCUT2D eigenvalue weighted by atomic mass is 35.5. The van der Waals surface area contributed by atoms with Crippen molar-refractivity contribution in [3.63, 3.8) is 0 Å². The van der Waals surface area contributed by atoms with Gasteiger partial charge < -0.3 is 9.30 Å². The van der Waals surface area contributed by atoms with E-state index in [1.807, 2.05) is 37.3 Å². The molecule has 0 unspecified atom stereocenters. The molecule has 1 atom stereocenters. The summed E-state index contributed by atoms with van der Waals surface area (Å²) in [5, 5.41) is 0. The SMILES string of the molecule is COC(=O)c1cncn1[C@@H](C)c1ccccc1.Cl. The van der Waals surface area contributed by atoms with Gasteiger partial charge in [-0.15, -0.1) is 12.4 Å². The van der Waals surface area contributed by atoms with E-state index in [0.717, 1.165) is 5.56 Å². The van der Waals surface area contributed by atoms with Gasteiger partial charge in [0.15, 0.2) is 0 Å². The molecule has 0 amide bonds. The van der Waals surface area contributed by atoms with Gasteiger partial charge in [0.05, 0.1) is 25.7 Å². The van der Waals surface area contributed by atoms with E-state index in [9.17, 15) is 4.79 Å². The van der Waals surface area contributed by atoms with Crippen molar-refractivity contribution in [1.82, 2.24) is 9.55 Å². The first kappa shape index (κ1) is 14.3. The maximum atomic E-state index is 11.5. The Labute approximate surface area is 112 Å². The predicted molar refractivity (Wildman–Crippen MR) is 71.1 cm³/mol. The first-order valence-corrected chi connectivity index (χ1v) is 5.39. The summed E-state index contributed by atoms with van der Waals surface area (Å²) in [7, 11) is 1.37. The van der Waals surface area contributed by atoms with E-state index < -0.39 is 0 Å². The molecular formula is C13H15ClN2O2. The van der Waals surface area contributed by atoms with Crippen LogP contribution in [-0.4, -0.2) is 22.6 Å². The lowest BCUT2D eigenvalue weighted by atomic mass is 10.1. The Kier molecular flexibility index (Phi) is 4.92. The standard InChI is InChI=1S/C13H14N2O2.ClH/c1-10(11-6-4-3-5-7-11)15-9-14-8-12(15)13(16)17-2;/h3-10H,1-2H3;1H/t10-;/m0./s1. The van der Waals surface area contributed by atoms with Crippen LogP contribution in [0.2, 0.25) is 0 Å². The van der Waals surface area contributed by atoms with Crippen LogP contribution in [0.4, 0.5) is 0 Å². The number of ether oxygens (including phenoxy) is 1. The third kappa shape index (κ3) is 2.71. The van der Waals surface area contributed by atoms with Gasteiger partial charge in [-0.3, -0.25) is 0 Å². The lowest BCUT2D eigenvalue weighted by Gasteiger charge is -2.15. The summed E-state index contributed by atoms with van der Waals surface area (Å²) in [6.07, 6.45) is 3.16. The zero-order chi connectivity index (χ0) is 12.3. The molecule has 2 aromatic rings. The van der Waals surface area contributed by atoms with Crippen LogP contribution in [0.15, 0.2) is 42.9 Å². The van der Waals surface area contributed by atoms with Crippen LogP contribution < -0.4 is 0 Å². The Bertz CT molecular complexity index is 511. The van der Waals surface area contributed by atoms with Crippen molar-refractivity contribution in [2.24, 2.45) is 0 Å². The summed E-state index contributed by atoms with van der Waals surface area (Å²) in [5.74, 6) is -0.370. The number of esters is 1. The molecule has 0 saturated carbocycles. The van der Waals surface area contributed by atoms with Crippen LogP contribution in [0.5, 0.6) is 0 Å². The Morgan fingerprint density at radius 2 is 2.00 bits per heavy atom. The number of aromatic nitrogens is 2. The Hall–Kier alpha value is -1.81. The van der Waals surface area contributed by atoms with Gasteiger partial charge in [-0.2, -0.15) is 0 Å². The molecule has 5 heteroatoms. The summed E-state index contributed by atoms with van der Waals surface area (Å²) in [4.78, 5) is 15.5. The number of carbonyl (C=O) groups excluding carboxylic acids is 1. The summed E-state index contributed by atoms with van der Waals surface area (Å²) >= 11 is 0. The monoisotopic (exact) mass is 266 g/mol. The average molecular weight is 267 g/mol. The van der Waals surface area contributed by atoms with Crippen molar-refractivity contribution >= 4 is 18.4 Å². The number of methoxy groups -OCH3 is 1. The van der Waals surface area contributed by atoms with Crippen molar-refractivity contribution < 1.29 is 9.53 Å². The molecule has 0 aliphatic carbocycles. The molecule has 0 aliphatic rings. The molecule has 0 N–H and O–H groups in total. The van der Waals surface area contributed by atoms with Gasteiger partial charge >= 0.3 is 5.97 Å². The highest BCUT2D eigenvalue weighted by molar-refractivity contribution is 5.87. The molecule has 4 nitrogen and oxygen atoms in total. The summed E-state index contributed by atoms with van der Waals surface area (Å²) < 4.78 is 6.53. The fourth-order valence-electron chi connectivity index (χ4n) is 1.77. The molecule has 0 aliphatic heterocycles. The summed E-state index contributed by atoms with van der Waals surface area (Å²) in [6.45, 7) is 2.02. The fourth-order valence-corrected chi connectivity index (χ4v) is 1.77. The van der Waals surface area contributed by atoms with E-state index in [2.05, 4.69) is 4.98 Å². The van der Waals surface area contributed by atoms with E-state index in [0.29, 0.717) is 5.69 Å². The van der Waals surface area contributed by atoms with Gasteiger partial charge in [-0.1, -0.05) is 30.3 Å². The first-order chi connectivity index (χ1) is 8.24. The van der Waals surface area contributed by atoms with Crippen LogP contribution in [0.25, 0.3) is 0 Å². The quantitative estimate of drug-likeness (QED) is 0.803. The van der Waals surface area contributed by atoms with E-state index in [-0.39, 0.29) is 24.4 Å². The lowest BCUT2D eigenvalue weighted by Crippen LogP contribution is -2.14. The predicted octanol–water partition coefficient (Wildman–Crippen LogP) is 2.70. The second kappa shape index (κ2) is 6.21. The second-order valence-electron chi connectivity index (χ2n) is 3.76. The average Bonchev–Trinajstić information content (AvgIpc) is 2.87. The molecule has 0 fully saturated rings. The van der Waals surface area contributed by atoms with Gasteiger partial charge in [0.2, 0.25) is 0 Å². The minimum absolute atomic E-state index is 0. The van der Waals surface area contributed by atoms with Gasteiger partial charge in [0, 0.05) is 0 Å². The molecule has 2 rings (SSSR count). The Morgan fingerprint density at radius 3 is 2.61 bits per heavy atom.